The Morgan fingerprint density at radius 1 is 0.917 bits per heavy atom. The van der Waals surface area contributed by atoms with E-state index in [-0.39, 0.29) is 30.8 Å². The fourth-order valence-electron chi connectivity index (χ4n) is 3.99. The summed E-state index contributed by atoms with van der Waals surface area (Å²) in [5.41, 5.74) is 0.770. The number of hydrogen-bond acceptors (Lipinski definition) is 8. The lowest BCUT2D eigenvalue weighted by molar-refractivity contribution is -0.307. The molecule has 0 saturated carbocycles. The first-order valence-corrected chi connectivity index (χ1v) is 13.1. The summed E-state index contributed by atoms with van der Waals surface area (Å²) in [5.74, 6) is 0.247. The van der Waals surface area contributed by atoms with Crippen molar-refractivity contribution in [2.24, 2.45) is 5.92 Å². The number of carbonyl (C=O) groups excluding carboxylic acids is 2. The quantitative estimate of drug-likeness (QED) is 0.236. The van der Waals surface area contributed by atoms with Gasteiger partial charge < -0.3 is 34.8 Å². The van der Waals surface area contributed by atoms with Gasteiger partial charge in [0.1, 0.15) is 30.2 Å². The number of nitrogens with one attached hydrogen (secondary N) is 1. The van der Waals surface area contributed by atoms with Gasteiger partial charge in [-0.1, -0.05) is 44.9 Å². The molecule has 4 N–H and O–H groups in total. The molecule has 2 rings (SSSR count). The van der Waals surface area contributed by atoms with Gasteiger partial charge in [-0.05, 0) is 37.8 Å². The standard InChI is InChI=1S/C27H43NO8/c1-19(2)21(30)14-8-4-10-16-34-26-22(18-29)36-27(25(33)24(26)32)35-17-11-5-9-15-23(31)28-20-12-6-3-7-13-20/h3,6-7,12-13,19,22,24-27,29,32-33H,4-5,8-11,14-18H2,1-2H3,(H,28,31)/t22?,24-,25?,26+,27-/m0/s1. The Labute approximate surface area is 214 Å². The number of aliphatic hydroxyl groups is 3. The van der Waals surface area contributed by atoms with Crippen molar-refractivity contribution >= 4 is 17.4 Å². The van der Waals surface area contributed by atoms with E-state index in [0.29, 0.717) is 38.7 Å². The van der Waals surface area contributed by atoms with E-state index in [1.54, 1.807) is 0 Å². The Hall–Kier alpha value is -1.88. The molecule has 1 heterocycles. The van der Waals surface area contributed by atoms with Gasteiger partial charge in [0.2, 0.25) is 5.91 Å². The monoisotopic (exact) mass is 509 g/mol. The number of para-hydroxylation sites is 1. The number of aliphatic hydroxyl groups excluding tert-OH is 3. The molecule has 1 aromatic rings. The van der Waals surface area contributed by atoms with Crippen molar-refractivity contribution in [3.05, 3.63) is 30.3 Å². The molecule has 1 saturated heterocycles. The van der Waals surface area contributed by atoms with E-state index in [9.17, 15) is 24.9 Å². The molecule has 0 spiro atoms. The van der Waals surface area contributed by atoms with Crippen molar-refractivity contribution in [3.8, 4) is 0 Å². The highest BCUT2D eigenvalue weighted by Gasteiger charge is 2.45. The van der Waals surface area contributed by atoms with E-state index in [0.717, 1.165) is 24.9 Å². The summed E-state index contributed by atoms with van der Waals surface area (Å²) < 4.78 is 17.0. The van der Waals surface area contributed by atoms with Crippen LogP contribution in [0.2, 0.25) is 0 Å². The summed E-state index contributed by atoms with van der Waals surface area (Å²) in [6, 6.07) is 9.29. The van der Waals surface area contributed by atoms with E-state index < -0.39 is 30.7 Å². The number of hydrogen-bond donors (Lipinski definition) is 4. The van der Waals surface area contributed by atoms with Crippen LogP contribution in [0.25, 0.3) is 0 Å². The summed E-state index contributed by atoms with van der Waals surface area (Å²) >= 11 is 0. The third-order valence-electron chi connectivity index (χ3n) is 6.23. The molecular formula is C27H43NO8. The molecule has 0 aliphatic carbocycles. The number of amides is 1. The highest BCUT2D eigenvalue weighted by Crippen LogP contribution is 2.25. The molecule has 0 bridgehead atoms. The van der Waals surface area contributed by atoms with Crippen LogP contribution in [-0.2, 0) is 23.8 Å². The summed E-state index contributed by atoms with van der Waals surface area (Å²) in [6.45, 7) is 4.01. The van der Waals surface area contributed by atoms with Crippen molar-refractivity contribution in [1.82, 2.24) is 0 Å². The Bertz CT molecular complexity index is 757. The van der Waals surface area contributed by atoms with Gasteiger partial charge >= 0.3 is 0 Å². The number of Topliss-reactive ketones (excluding diaryl/α,β-unsaturated/α-hetero) is 1. The minimum absolute atomic E-state index is 0.0443. The van der Waals surface area contributed by atoms with Gasteiger partial charge in [0.15, 0.2) is 6.29 Å². The number of benzene rings is 1. The normalized spacial score (nSPS) is 24.1. The fraction of sp³-hybridized carbons (Fsp3) is 0.704. The number of rotatable bonds is 17. The molecule has 1 amide bonds. The zero-order valence-electron chi connectivity index (χ0n) is 21.5. The molecule has 9 nitrogen and oxygen atoms in total. The van der Waals surface area contributed by atoms with Crippen LogP contribution in [0, 0.1) is 5.92 Å². The Kier molecular flexibility index (Phi) is 14.1. The average Bonchev–Trinajstić information content (AvgIpc) is 2.87. The Morgan fingerprint density at radius 2 is 1.56 bits per heavy atom. The molecule has 1 aliphatic rings. The van der Waals surface area contributed by atoms with Crippen LogP contribution in [-0.4, -0.2) is 77.5 Å². The second-order valence-corrected chi connectivity index (χ2v) is 9.57. The first kappa shape index (κ1) is 30.3. The van der Waals surface area contributed by atoms with Gasteiger partial charge in [-0.25, -0.2) is 0 Å². The van der Waals surface area contributed by atoms with Crippen LogP contribution >= 0.6 is 0 Å². The summed E-state index contributed by atoms with van der Waals surface area (Å²) in [6.07, 6.45) is 0.0198. The smallest absolute Gasteiger partial charge is 0.224 e. The molecule has 9 heteroatoms. The Morgan fingerprint density at radius 3 is 2.19 bits per heavy atom. The lowest BCUT2D eigenvalue weighted by atomic mass is 9.99. The summed E-state index contributed by atoms with van der Waals surface area (Å²) in [7, 11) is 0. The van der Waals surface area contributed by atoms with Crippen molar-refractivity contribution in [2.75, 3.05) is 25.1 Å². The average molecular weight is 510 g/mol. The molecule has 0 radical (unpaired) electrons. The zero-order valence-corrected chi connectivity index (χ0v) is 21.5. The third kappa shape index (κ3) is 10.6. The van der Waals surface area contributed by atoms with Crippen molar-refractivity contribution in [2.45, 2.75) is 95.9 Å². The fourth-order valence-corrected chi connectivity index (χ4v) is 3.99. The number of unbranched alkanes of at least 4 members (excludes halogenated alkanes) is 4. The lowest BCUT2D eigenvalue weighted by Crippen LogP contribution is -2.60. The second-order valence-electron chi connectivity index (χ2n) is 9.57. The summed E-state index contributed by atoms with van der Waals surface area (Å²) in [5, 5.41) is 33.5. The predicted molar refractivity (Wildman–Crippen MR) is 135 cm³/mol. The van der Waals surface area contributed by atoms with Crippen molar-refractivity contribution in [3.63, 3.8) is 0 Å². The van der Waals surface area contributed by atoms with Crippen molar-refractivity contribution in [1.29, 1.82) is 0 Å². The van der Waals surface area contributed by atoms with Crippen LogP contribution in [0.3, 0.4) is 0 Å². The maximum Gasteiger partial charge on any atom is 0.224 e. The number of carbonyl (C=O) groups is 2. The van der Waals surface area contributed by atoms with E-state index in [2.05, 4.69) is 5.32 Å². The molecule has 36 heavy (non-hydrogen) atoms. The molecule has 5 atom stereocenters. The molecule has 204 valence electrons. The number of ether oxygens (including phenoxy) is 3. The maximum atomic E-state index is 12.0. The topological polar surface area (TPSA) is 135 Å². The molecule has 1 aromatic carbocycles. The largest absolute Gasteiger partial charge is 0.394 e. The molecule has 1 fully saturated rings. The third-order valence-corrected chi connectivity index (χ3v) is 6.23. The van der Waals surface area contributed by atoms with Crippen LogP contribution < -0.4 is 5.32 Å². The second kappa shape index (κ2) is 16.8. The van der Waals surface area contributed by atoms with Crippen LogP contribution in [0.1, 0.15) is 65.2 Å². The molecule has 2 unspecified atom stereocenters. The molecular weight excluding hydrogens is 466 g/mol. The first-order valence-electron chi connectivity index (χ1n) is 13.1. The maximum absolute atomic E-state index is 12.0. The highest BCUT2D eigenvalue weighted by molar-refractivity contribution is 5.90. The van der Waals surface area contributed by atoms with Gasteiger partial charge in [0, 0.05) is 37.7 Å². The summed E-state index contributed by atoms with van der Waals surface area (Å²) in [4.78, 5) is 23.6. The highest BCUT2D eigenvalue weighted by atomic mass is 16.7. The van der Waals surface area contributed by atoms with Crippen molar-refractivity contribution < 1.29 is 39.1 Å². The van der Waals surface area contributed by atoms with E-state index in [4.69, 9.17) is 14.2 Å². The van der Waals surface area contributed by atoms with Crippen LogP contribution in [0.5, 0.6) is 0 Å². The first-order chi connectivity index (χ1) is 17.3. The van der Waals surface area contributed by atoms with Crippen LogP contribution in [0.15, 0.2) is 30.3 Å². The van der Waals surface area contributed by atoms with Gasteiger partial charge in [-0.3, -0.25) is 9.59 Å². The SMILES string of the molecule is CC(C)C(=O)CCCCCO[C@@H]1C(CO)O[C@H](OCCCCCC(=O)Nc2ccccc2)C(O)[C@@H]1O. The minimum atomic E-state index is -1.31. The van der Waals surface area contributed by atoms with Gasteiger partial charge in [-0.2, -0.15) is 0 Å². The molecule has 0 aromatic heterocycles. The van der Waals surface area contributed by atoms with E-state index in [1.165, 1.54) is 0 Å². The van der Waals surface area contributed by atoms with Gasteiger partial charge in [0.25, 0.3) is 0 Å². The Balaban J connectivity index is 1.61. The number of anilines is 1. The zero-order chi connectivity index (χ0) is 26.3. The van der Waals surface area contributed by atoms with Crippen LogP contribution in [0.4, 0.5) is 5.69 Å². The predicted octanol–water partition coefficient (Wildman–Crippen LogP) is 2.81. The van der Waals surface area contributed by atoms with E-state index >= 15 is 0 Å². The minimum Gasteiger partial charge on any atom is -0.394 e. The number of ketones is 1. The molecule has 1 aliphatic heterocycles. The lowest BCUT2D eigenvalue weighted by Gasteiger charge is -2.41. The van der Waals surface area contributed by atoms with Gasteiger partial charge in [0.05, 0.1) is 6.61 Å². The van der Waals surface area contributed by atoms with E-state index in [1.807, 2.05) is 44.2 Å². The van der Waals surface area contributed by atoms with Gasteiger partial charge in [-0.15, -0.1) is 0 Å².